The van der Waals surface area contributed by atoms with Gasteiger partial charge in [0.25, 0.3) is 0 Å². The van der Waals surface area contributed by atoms with Crippen LogP contribution in [-0.2, 0) is 56.3 Å². The predicted octanol–water partition coefficient (Wildman–Crippen LogP) is 14.8. The number of hydrogen-bond acceptors (Lipinski definition) is 16. The van der Waals surface area contributed by atoms with Gasteiger partial charge in [-0.3, -0.25) is 0 Å². The average molecular weight is 1320 g/mol. The van der Waals surface area contributed by atoms with Crippen LogP contribution in [0.15, 0.2) is 152 Å². The zero-order valence-electron chi connectivity index (χ0n) is 56.9. The van der Waals surface area contributed by atoms with Gasteiger partial charge in [-0.25, -0.2) is 44.3 Å². The van der Waals surface area contributed by atoms with Crippen molar-refractivity contribution in [3.63, 3.8) is 0 Å². The van der Waals surface area contributed by atoms with Crippen molar-refractivity contribution in [3.8, 4) is 64.2 Å². The molecular formula is C75H65B5N10O10. The zero-order chi connectivity index (χ0) is 70.6. The molecule has 10 aromatic rings. The molecule has 4 aromatic heterocycles. The number of fused-ring (bicyclic) bond motifs is 5. The van der Waals surface area contributed by atoms with Gasteiger partial charge in [-0.05, 0) is 198 Å². The highest BCUT2D eigenvalue weighted by Crippen LogP contribution is 2.33. The van der Waals surface area contributed by atoms with Crippen LogP contribution in [0.2, 0.25) is 34.1 Å². The van der Waals surface area contributed by atoms with Crippen LogP contribution in [0.3, 0.4) is 0 Å². The largest absolute Gasteiger partial charge is 0.457 e. The summed E-state index contributed by atoms with van der Waals surface area (Å²) in [5.74, 6) is 5.80. The number of aromatic nitrogens is 5. The molecule has 25 heteroatoms. The van der Waals surface area contributed by atoms with E-state index in [9.17, 15) is 0 Å². The van der Waals surface area contributed by atoms with Gasteiger partial charge in [0.1, 0.15) is 46.1 Å². The number of hydrogen-bond donors (Lipinski definition) is 0. The summed E-state index contributed by atoms with van der Waals surface area (Å²) < 4.78 is 56.7. The molecular weight excluding hydrogens is 1250 g/mol. The van der Waals surface area contributed by atoms with Gasteiger partial charge in [-0.2, -0.15) is 5.26 Å². The number of nitriles is 1. The lowest BCUT2D eigenvalue weighted by molar-refractivity contribution is 0.333. The SMILES string of the molecule is CB1OCc2cc(Oc3nc(C)ccc3C#N)ccc21.[C-]#[N+]c1ccc(Oc2ccc3c(c2)COB3C)c(C)c1.[C-]#[N+]c1cnc(Oc2ccc3c(c2)COB3C)c(C)c1.[C-]#[N+]c1cnc(Oc2ccc3c(c2)COB3C)cc1C.[C-]#[N+]c1cnc(Oc2ccc3c(c2)COB3C)nc1C. The van der Waals surface area contributed by atoms with Gasteiger partial charge in [-0.1, -0.05) is 70.5 Å². The van der Waals surface area contributed by atoms with Crippen molar-refractivity contribution in [1.82, 2.24) is 24.9 Å². The second-order valence-electron chi connectivity index (χ2n) is 24.1. The molecule has 15 rings (SSSR count). The fourth-order valence-electron chi connectivity index (χ4n) is 11.5. The molecule has 100 heavy (non-hydrogen) atoms. The van der Waals surface area contributed by atoms with Crippen LogP contribution in [-0.4, -0.2) is 59.5 Å². The van der Waals surface area contributed by atoms with Gasteiger partial charge >= 0.3 is 40.6 Å². The fourth-order valence-corrected chi connectivity index (χ4v) is 11.5. The third kappa shape index (κ3) is 16.9. The molecule has 0 radical (unpaired) electrons. The first-order valence-electron chi connectivity index (χ1n) is 32.2. The van der Waals surface area contributed by atoms with Gasteiger partial charge in [0.05, 0.1) is 65.0 Å². The van der Waals surface area contributed by atoms with E-state index >= 15 is 0 Å². The maximum atomic E-state index is 9.09. The molecule has 0 spiro atoms. The number of pyridine rings is 3. The molecule has 0 atom stereocenters. The number of benzene rings is 6. The molecule has 0 saturated heterocycles. The molecule has 5 aliphatic rings. The Kier molecular flexibility index (Phi) is 22.1. The summed E-state index contributed by atoms with van der Waals surface area (Å²) in [6, 6.07) is 44.5. The summed E-state index contributed by atoms with van der Waals surface area (Å²) >= 11 is 0. The van der Waals surface area contributed by atoms with Crippen molar-refractivity contribution in [2.75, 3.05) is 0 Å². The minimum absolute atomic E-state index is 0.130. The van der Waals surface area contributed by atoms with Crippen molar-refractivity contribution in [3.05, 3.63) is 259 Å². The Morgan fingerprint density at radius 1 is 0.400 bits per heavy atom. The molecule has 0 bridgehead atoms. The molecule has 0 fully saturated rings. The first-order valence-corrected chi connectivity index (χ1v) is 32.2. The van der Waals surface area contributed by atoms with Gasteiger partial charge in [0, 0.05) is 29.8 Å². The van der Waals surface area contributed by atoms with Crippen molar-refractivity contribution < 1.29 is 47.0 Å². The summed E-state index contributed by atoms with van der Waals surface area (Å²) in [4.78, 5) is 34.3. The maximum absolute atomic E-state index is 9.09. The molecule has 6 aromatic carbocycles. The lowest BCUT2D eigenvalue weighted by Crippen LogP contribution is -2.23. The Hall–Kier alpha value is -11.6. The van der Waals surface area contributed by atoms with E-state index in [1.54, 1.807) is 37.3 Å². The zero-order valence-corrected chi connectivity index (χ0v) is 56.9. The minimum Gasteiger partial charge on any atom is -0.457 e. The normalized spacial score (nSPS) is 12.9. The summed E-state index contributed by atoms with van der Waals surface area (Å²) in [7, 11) is 0. The van der Waals surface area contributed by atoms with E-state index in [2.05, 4.69) is 63.3 Å². The van der Waals surface area contributed by atoms with Gasteiger partial charge in [0.2, 0.25) is 34.7 Å². The second kappa shape index (κ2) is 31.7. The van der Waals surface area contributed by atoms with Crippen molar-refractivity contribution in [2.45, 2.75) is 102 Å². The fraction of sp³-hybridized carbons (Fsp3) is 0.200. The highest BCUT2D eigenvalue weighted by atomic mass is 16.5. The Morgan fingerprint density at radius 2 is 0.840 bits per heavy atom. The molecule has 0 saturated carbocycles. The first kappa shape index (κ1) is 69.8. The predicted molar refractivity (Wildman–Crippen MR) is 387 cm³/mol. The van der Waals surface area contributed by atoms with Crippen LogP contribution in [0.5, 0.6) is 58.1 Å². The third-order valence-electron chi connectivity index (χ3n) is 17.1. The summed E-state index contributed by atoms with van der Waals surface area (Å²) in [6.45, 7) is 51.3. The van der Waals surface area contributed by atoms with Crippen LogP contribution in [0.25, 0.3) is 19.4 Å². The van der Waals surface area contributed by atoms with E-state index in [1.807, 2.05) is 152 Å². The van der Waals surface area contributed by atoms with Crippen LogP contribution in [0.1, 0.15) is 61.5 Å². The lowest BCUT2D eigenvalue weighted by Gasteiger charge is -2.10. The standard InChI is InChI=1S/C16H14BNO2.3C15H13BN2O2.C14H12BN3O2/c1-11-8-13(18-3)4-7-16(11)20-14-5-6-15-12(9-14)10-19-17(15)2;1-10-6-12(17-3)8-18-15(10)20-13-4-5-14-11(7-13)9-19-16(14)2;1-10-6-15(18-8-14(10)17-3)20-12-4-5-13-11(7-12)9-19-16(13)2;1-10-3-4-11(8-17)15(18-10)20-13-5-6-14-12(7-13)9-19-16(14)2;1-9-13(16-3)7-17-14(18-9)20-11-4-5-12-10(6-11)8-19-15(12)2/h4-9H,10H2,1-2H3;2*4-8H,9H2,1-2H3;3-7H,9H2,1-2H3;4-7H,8H2,1-2H3. The summed E-state index contributed by atoms with van der Waals surface area (Å²) in [5.41, 5.74) is 18.5. The molecule has 5 aliphatic heterocycles. The van der Waals surface area contributed by atoms with Crippen molar-refractivity contribution >= 4 is 84.6 Å². The number of rotatable bonds is 10. The Balaban J connectivity index is 0.000000126. The Morgan fingerprint density at radius 3 is 1.27 bits per heavy atom. The molecule has 9 heterocycles. The topological polar surface area (TPSA) is 198 Å². The lowest BCUT2D eigenvalue weighted by atomic mass is 9.64. The highest BCUT2D eigenvalue weighted by molar-refractivity contribution is 6.69. The van der Waals surface area contributed by atoms with E-state index in [-0.39, 0.29) is 40.6 Å². The van der Waals surface area contributed by atoms with Crippen LogP contribution >= 0.6 is 0 Å². The quantitative estimate of drug-likeness (QED) is 0.0924. The smallest absolute Gasteiger partial charge is 0.324 e. The van der Waals surface area contributed by atoms with Crippen LogP contribution in [0.4, 0.5) is 22.7 Å². The van der Waals surface area contributed by atoms with E-state index in [0.29, 0.717) is 96.2 Å². The van der Waals surface area contributed by atoms with Gasteiger partial charge in [0.15, 0.2) is 5.69 Å². The van der Waals surface area contributed by atoms with Gasteiger partial charge < -0.3 is 47.0 Å². The molecule has 0 unspecified atom stereocenters. The minimum atomic E-state index is 0.130. The van der Waals surface area contributed by atoms with E-state index in [0.717, 1.165) is 67.6 Å². The molecule has 490 valence electrons. The van der Waals surface area contributed by atoms with Crippen molar-refractivity contribution in [2.24, 2.45) is 0 Å². The van der Waals surface area contributed by atoms with Crippen LogP contribution < -0.4 is 51.0 Å². The van der Waals surface area contributed by atoms with Gasteiger partial charge in [-0.15, -0.1) is 0 Å². The maximum Gasteiger partial charge on any atom is 0.324 e. The third-order valence-corrected chi connectivity index (χ3v) is 17.1. The number of aryl methyl sites for hydroxylation is 5. The van der Waals surface area contributed by atoms with E-state index in [1.165, 1.54) is 51.5 Å². The Bertz CT molecular complexity index is 4730. The van der Waals surface area contributed by atoms with E-state index < -0.39 is 0 Å². The first-order chi connectivity index (χ1) is 48.3. The molecule has 0 aliphatic carbocycles. The average Bonchev–Trinajstić information content (AvgIpc) is 1.68. The molecule has 0 amide bonds. The Labute approximate surface area is 584 Å². The molecule has 20 nitrogen and oxygen atoms in total. The summed E-state index contributed by atoms with van der Waals surface area (Å²) in [5, 5.41) is 9.09. The summed E-state index contributed by atoms with van der Waals surface area (Å²) in [6.07, 6.45) is 4.54. The monoisotopic (exact) mass is 1320 g/mol. The van der Waals surface area contributed by atoms with Crippen LogP contribution in [0, 0.1) is 72.2 Å². The van der Waals surface area contributed by atoms with E-state index in [4.69, 9.17) is 78.5 Å². The second-order valence-corrected chi connectivity index (χ2v) is 24.1. The number of ether oxygens (including phenoxy) is 5. The molecule has 0 N–H and O–H groups in total. The number of nitrogens with zero attached hydrogens (tertiary/aromatic N) is 10. The van der Waals surface area contributed by atoms with Crippen molar-refractivity contribution in [1.29, 1.82) is 5.26 Å². The highest BCUT2D eigenvalue weighted by Gasteiger charge is 2.28.